The molecule has 25 heavy (non-hydrogen) atoms. The van der Waals surface area contributed by atoms with Crippen molar-refractivity contribution >= 4 is 16.7 Å². The van der Waals surface area contributed by atoms with Crippen molar-refractivity contribution in [2.75, 3.05) is 7.11 Å². The van der Waals surface area contributed by atoms with Gasteiger partial charge in [0.2, 0.25) is 0 Å². The van der Waals surface area contributed by atoms with Gasteiger partial charge in [-0.2, -0.15) is 0 Å². The van der Waals surface area contributed by atoms with E-state index in [0.29, 0.717) is 24.0 Å². The minimum Gasteiger partial charge on any atom is -0.497 e. The number of carbonyl (C=O) groups is 1. The minimum absolute atomic E-state index is 0.315. The van der Waals surface area contributed by atoms with Crippen LogP contribution in [0.4, 0.5) is 0 Å². The third-order valence-corrected chi connectivity index (χ3v) is 5.91. The van der Waals surface area contributed by atoms with Crippen molar-refractivity contribution in [1.29, 1.82) is 0 Å². The predicted molar refractivity (Wildman–Crippen MR) is 103 cm³/mol. The normalized spacial score (nSPS) is 24.1. The number of hydrogen-bond acceptors (Lipinski definition) is 2. The maximum atomic E-state index is 13.1. The number of ketones is 1. The zero-order valence-corrected chi connectivity index (χ0v) is 16.1. The zero-order chi connectivity index (χ0) is 18.4. The molecule has 3 rings (SSSR count). The lowest BCUT2D eigenvalue weighted by molar-refractivity contribution is -0.130. The highest BCUT2D eigenvalue weighted by Gasteiger charge is 2.41. The van der Waals surface area contributed by atoms with Crippen molar-refractivity contribution in [2.45, 2.75) is 58.4 Å². The molecule has 1 saturated carbocycles. The van der Waals surface area contributed by atoms with E-state index in [1.54, 1.807) is 7.11 Å². The van der Waals surface area contributed by atoms with Gasteiger partial charge in [-0.3, -0.25) is 4.79 Å². The number of rotatable bonds is 4. The molecule has 1 aliphatic rings. The molecule has 134 valence electrons. The topological polar surface area (TPSA) is 31.2 Å². The number of nitrogens with zero attached hydrogens (tertiary/aromatic N) is 1. The van der Waals surface area contributed by atoms with Crippen LogP contribution in [0, 0.1) is 5.92 Å². The summed E-state index contributed by atoms with van der Waals surface area (Å²) in [5.74, 6) is 1.89. The van der Waals surface area contributed by atoms with Crippen LogP contribution in [-0.2, 0) is 10.3 Å². The van der Waals surface area contributed by atoms with Gasteiger partial charge in [-0.05, 0) is 62.3 Å². The Morgan fingerprint density at radius 3 is 2.68 bits per heavy atom. The molecular formula is C22H29NO2. The molecule has 0 aliphatic heterocycles. The van der Waals surface area contributed by atoms with E-state index in [9.17, 15) is 4.79 Å². The van der Waals surface area contributed by atoms with Gasteiger partial charge in [0.25, 0.3) is 0 Å². The maximum absolute atomic E-state index is 13.1. The van der Waals surface area contributed by atoms with Gasteiger partial charge in [-0.1, -0.05) is 26.0 Å². The van der Waals surface area contributed by atoms with Crippen LogP contribution in [0.3, 0.4) is 0 Å². The summed E-state index contributed by atoms with van der Waals surface area (Å²) in [5, 5.41) is 1.19. The molecule has 0 spiro atoms. The van der Waals surface area contributed by atoms with Crippen molar-refractivity contribution in [3.8, 4) is 5.75 Å². The molecule has 0 N–H and O–H groups in total. The van der Waals surface area contributed by atoms with Crippen molar-refractivity contribution in [3.05, 3.63) is 42.1 Å². The highest BCUT2D eigenvalue weighted by molar-refractivity contribution is 5.92. The minimum atomic E-state index is -0.480. The van der Waals surface area contributed by atoms with Gasteiger partial charge >= 0.3 is 0 Å². The van der Waals surface area contributed by atoms with Crippen LogP contribution >= 0.6 is 0 Å². The smallest absolute Gasteiger partial charge is 0.159 e. The van der Waals surface area contributed by atoms with Gasteiger partial charge in [0.05, 0.1) is 7.11 Å². The van der Waals surface area contributed by atoms with E-state index in [1.807, 2.05) is 13.0 Å². The second-order valence-corrected chi connectivity index (χ2v) is 7.98. The summed E-state index contributed by atoms with van der Waals surface area (Å²) in [6, 6.07) is 6.16. The van der Waals surface area contributed by atoms with Crippen LogP contribution in [-0.4, -0.2) is 17.5 Å². The number of Topliss-reactive ketones (excluding diaryl/α,β-unsaturated/α-hetero) is 1. The molecule has 2 aromatic rings. The number of ether oxygens (including phenoxy) is 1. The lowest BCUT2D eigenvalue weighted by Crippen LogP contribution is -2.43. The fourth-order valence-corrected chi connectivity index (χ4v) is 4.05. The van der Waals surface area contributed by atoms with Crippen LogP contribution in [0.1, 0.15) is 58.4 Å². The SMILES string of the molecule is C=C(C)[C@@H]1CCC(C)(n2cc(C(C)C)c3cc(OC)ccc32)C(=O)C1. The van der Waals surface area contributed by atoms with Gasteiger partial charge in [-0.15, -0.1) is 0 Å². The van der Waals surface area contributed by atoms with Gasteiger partial charge in [-0.25, -0.2) is 0 Å². The summed E-state index contributed by atoms with van der Waals surface area (Å²) in [6.45, 7) is 12.6. The number of benzene rings is 1. The Morgan fingerprint density at radius 2 is 2.12 bits per heavy atom. The van der Waals surface area contributed by atoms with E-state index >= 15 is 0 Å². The van der Waals surface area contributed by atoms with Crippen molar-refractivity contribution in [1.82, 2.24) is 4.57 Å². The average Bonchev–Trinajstić information content (AvgIpc) is 2.96. The Hall–Kier alpha value is -2.03. The fraction of sp³-hybridized carbons (Fsp3) is 0.500. The highest BCUT2D eigenvalue weighted by atomic mass is 16.5. The van der Waals surface area contributed by atoms with Gasteiger partial charge in [0.15, 0.2) is 5.78 Å². The summed E-state index contributed by atoms with van der Waals surface area (Å²) in [7, 11) is 1.69. The molecule has 1 aliphatic carbocycles. The number of allylic oxidation sites excluding steroid dienone is 1. The van der Waals surface area contributed by atoms with E-state index in [2.05, 4.69) is 50.2 Å². The summed E-state index contributed by atoms with van der Waals surface area (Å²) >= 11 is 0. The van der Waals surface area contributed by atoms with E-state index < -0.39 is 5.54 Å². The summed E-state index contributed by atoms with van der Waals surface area (Å²) < 4.78 is 7.63. The molecule has 0 bridgehead atoms. The first-order valence-electron chi connectivity index (χ1n) is 9.16. The van der Waals surface area contributed by atoms with Crippen molar-refractivity contribution in [3.63, 3.8) is 0 Å². The highest BCUT2D eigenvalue weighted by Crippen LogP contribution is 2.41. The molecule has 1 fully saturated rings. The third kappa shape index (κ3) is 2.90. The average molecular weight is 339 g/mol. The molecule has 2 atom stereocenters. The molecule has 3 nitrogen and oxygen atoms in total. The summed E-state index contributed by atoms with van der Waals surface area (Å²) in [4.78, 5) is 13.1. The van der Waals surface area contributed by atoms with Gasteiger partial charge < -0.3 is 9.30 Å². The Balaban J connectivity index is 2.12. The van der Waals surface area contributed by atoms with Crippen LogP contribution in [0.15, 0.2) is 36.5 Å². The fourth-order valence-electron chi connectivity index (χ4n) is 4.05. The third-order valence-electron chi connectivity index (χ3n) is 5.91. The van der Waals surface area contributed by atoms with Crippen LogP contribution in [0.5, 0.6) is 5.75 Å². The summed E-state index contributed by atoms with van der Waals surface area (Å²) in [6.07, 6.45) is 4.66. The molecule has 1 heterocycles. The van der Waals surface area contributed by atoms with Crippen LogP contribution in [0.2, 0.25) is 0 Å². The number of aromatic nitrogens is 1. The Morgan fingerprint density at radius 1 is 1.40 bits per heavy atom. The van der Waals surface area contributed by atoms with E-state index in [0.717, 1.165) is 29.7 Å². The van der Waals surface area contributed by atoms with Crippen LogP contribution in [0.25, 0.3) is 10.9 Å². The number of methoxy groups -OCH3 is 1. The molecule has 0 saturated heterocycles. The molecule has 0 amide bonds. The molecule has 1 aromatic heterocycles. The lowest BCUT2D eigenvalue weighted by atomic mass is 9.74. The lowest BCUT2D eigenvalue weighted by Gasteiger charge is -2.38. The quantitative estimate of drug-likeness (QED) is 0.695. The first-order chi connectivity index (χ1) is 11.8. The largest absolute Gasteiger partial charge is 0.497 e. The van der Waals surface area contributed by atoms with Gasteiger partial charge in [0, 0.05) is 23.5 Å². The number of fused-ring (bicyclic) bond motifs is 1. The maximum Gasteiger partial charge on any atom is 0.159 e. The van der Waals surface area contributed by atoms with E-state index in [4.69, 9.17) is 4.74 Å². The molecule has 3 heteroatoms. The Bertz CT molecular complexity index is 830. The Labute approximate surface area is 150 Å². The first kappa shape index (κ1) is 17.8. The van der Waals surface area contributed by atoms with E-state index in [1.165, 1.54) is 10.9 Å². The molecular weight excluding hydrogens is 310 g/mol. The monoisotopic (exact) mass is 339 g/mol. The number of hydrogen-bond donors (Lipinski definition) is 0. The Kier molecular flexibility index (Phi) is 4.52. The van der Waals surface area contributed by atoms with Gasteiger partial charge in [0.1, 0.15) is 11.3 Å². The second-order valence-electron chi connectivity index (χ2n) is 7.98. The van der Waals surface area contributed by atoms with Crippen molar-refractivity contribution < 1.29 is 9.53 Å². The molecule has 1 unspecified atom stereocenters. The van der Waals surface area contributed by atoms with E-state index in [-0.39, 0.29) is 0 Å². The summed E-state index contributed by atoms with van der Waals surface area (Å²) in [5.41, 5.74) is 3.03. The number of carbonyl (C=O) groups excluding carboxylic acids is 1. The molecule has 1 aromatic carbocycles. The zero-order valence-electron chi connectivity index (χ0n) is 16.1. The standard InChI is InChI=1S/C22H29NO2/c1-14(2)16-9-10-22(5,21(24)11-16)23-13-19(15(3)4)18-12-17(25-6)7-8-20(18)23/h7-8,12-13,15-16H,1,9-11H2,2-6H3/t16-,22?/m1/s1. The predicted octanol–water partition coefficient (Wildman–Crippen LogP) is 5.43. The first-order valence-corrected chi connectivity index (χ1v) is 9.16. The molecule has 0 radical (unpaired) electrons. The van der Waals surface area contributed by atoms with Crippen molar-refractivity contribution in [2.24, 2.45) is 5.92 Å². The second kappa shape index (κ2) is 6.36. The van der Waals surface area contributed by atoms with Crippen LogP contribution < -0.4 is 4.74 Å².